The van der Waals surface area contributed by atoms with Gasteiger partial charge in [0, 0.05) is 22.5 Å². The molecule has 1 spiro atoms. The monoisotopic (exact) mass is 653 g/mol. The molecule has 0 saturated heterocycles. The van der Waals surface area contributed by atoms with E-state index in [-0.39, 0.29) is 0 Å². The SMILES string of the molecule is C=C/C=C(\C(=C)c1ccccc1)c1ccc2c(c1)C1(c3cc(-c4ccccc4-c4ccccc4)ccc3N2)c2ccccc2Oc2ccccc21. The van der Waals surface area contributed by atoms with Gasteiger partial charge in [-0.3, -0.25) is 0 Å². The van der Waals surface area contributed by atoms with Crippen molar-refractivity contribution < 1.29 is 4.74 Å². The number of anilines is 2. The standard InChI is InChI=1S/C49H35NO/c1-3-16-38(33(2)34-17-6-4-7-18-34)36-27-29-45-43(31-36)49(41-23-12-14-25-47(41)51-48-26-15-13-24-42(48)49)44-32-37(28-30-46(44)50-45)40-22-11-10-21-39(40)35-19-8-5-9-20-35/h3-32,50H,1-2H2/b38-16+. The second kappa shape index (κ2) is 12.4. The van der Waals surface area contributed by atoms with E-state index in [0.717, 1.165) is 67.4 Å². The Balaban J connectivity index is 1.34. The molecule has 0 saturated carbocycles. The maximum atomic E-state index is 6.68. The van der Waals surface area contributed by atoms with Crippen LogP contribution < -0.4 is 10.1 Å². The number of hydrogen-bond acceptors (Lipinski definition) is 2. The third-order valence-corrected chi connectivity index (χ3v) is 10.3. The van der Waals surface area contributed by atoms with E-state index < -0.39 is 5.41 Å². The Hall–Kier alpha value is -6.64. The molecule has 242 valence electrons. The Morgan fingerprint density at radius 3 is 1.73 bits per heavy atom. The van der Waals surface area contributed by atoms with Crippen molar-refractivity contribution in [2.24, 2.45) is 0 Å². The topological polar surface area (TPSA) is 21.3 Å². The molecule has 0 fully saturated rings. The highest BCUT2D eigenvalue weighted by atomic mass is 16.5. The van der Waals surface area contributed by atoms with Crippen LogP contribution in [0.3, 0.4) is 0 Å². The van der Waals surface area contributed by atoms with Crippen LogP contribution in [-0.4, -0.2) is 0 Å². The minimum Gasteiger partial charge on any atom is -0.457 e. The summed E-state index contributed by atoms with van der Waals surface area (Å²) in [6.07, 6.45) is 3.92. The second-order valence-corrected chi connectivity index (χ2v) is 13.1. The number of benzene rings is 7. The fourth-order valence-electron chi connectivity index (χ4n) is 8.02. The molecular formula is C49H35NO. The molecule has 2 nitrogen and oxygen atoms in total. The van der Waals surface area contributed by atoms with Crippen molar-refractivity contribution in [3.63, 3.8) is 0 Å². The van der Waals surface area contributed by atoms with Crippen LogP contribution in [0.1, 0.15) is 33.4 Å². The quantitative estimate of drug-likeness (QED) is 0.180. The van der Waals surface area contributed by atoms with E-state index in [9.17, 15) is 0 Å². The lowest BCUT2D eigenvalue weighted by Gasteiger charge is -2.46. The summed E-state index contributed by atoms with van der Waals surface area (Å²) in [7, 11) is 0. The van der Waals surface area contributed by atoms with Crippen LogP contribution in [-0.2, 0) is 5.41 Å². The van der Waals surface area contributed by atoms with E-state index in [0.29, 0.717) is 0 Å². The summed E-state index contributed by atoms with van der Waals surface area (Å²) < 4.78 is 6.68. The van der Waals surface area contributed by atoms with Gasteiger partial charge in [-0.2, -0.15) is 0 Å². The minimum atomic E-state index is -0.692. The Kier molecular flexibility index (Phi) is 7.37. The van der Waals surface area contributed by atoms with Crippen molar-refractivity contribution in [1.29, 1.82) is 0 Å². The van der Waals surface area contributed by atoms with Crippen LogP contribution in [0.5, 0.6) is 11.5 Å². The third kappa shape index (κ3) is 4.87. The van der Waals surface area contributed by atoms with Gasteiger partial charge in [-0.1, -0.05) is 159 Å². The van der Waals surface area contributed by atoms with Gasteiger partial charge in [0.25, 0.3) is 0 Å². The Morgan fingerprint density at radius 2 is 1.06 bits per heavy atom. The van der Waals surface area contributed by atoms with Crippen LogP contribution >= 0.6 is 0 Å². The predicted octanol–water partition coefficient (Wildman–Crippen LogP) is 12.8. The molecule has 0 atom stereocenters. The fourth-order valence-corrected chi connectivity index (χ4v) is 8.02. The normalized spacial score (nSPS) is 13.5. The molecule has 51 heavy (non-hydrogen) atoms. The molecule has 0 amide bonds. The summed E-state index contributed by atoms with van der Waals surface area (Å²) in [5.74, 6) is 1.71. The van der Waals surface area contributed by atoms with Gasteiger partial charge in [0.15, 0.2) is 0 Å². The zero-order chi connectivity index (χ0) is 34.4. The fraction of sp³-hybridized carbons (Fsp3) is 0.0204. The van der Waals surface area contributed by atoms with E-state index in [1.54, 1.807) is 0 Å². The number of nitrogens with one attached hydrogen (secondary N) is 1. The third-order valence-electron chi connectivity index (χ3n) is 10.3. The maximum Gasteiger partial charge on any atom is 0.132 e. The second-order valence-electron chi connectivity index (χ2n) is 13.1. The van der Waals surface area contributed by atoms with Crippen LogP contribution in [0.2, 0.25) is 0 Å². The lowest BCUT2D eigenvalue weighted by atomic mass is 9.61. The van der Waals surface area contributed by atoms with Gasteiger partial charge in [-0.05, 0) is 92.1 Å². The Bertz CT molecular complexity index is 2460. The average Bonchev–Trinajstić information content (AvgIpc) is 3.20. The summed E-state index contributed by atoms with van der Waals surface area (Å²) in [6, 6.07) is 60.3. The molecule has 0 aliphatic carbocycles. The smallest absolute Gasteiger partial charge is 0.132 e. The number of fused-ring (bicyclic) bond motifs is 8. The molecule has 2 aliphatic rings. The molecule has 0 bridgehead atoms. The van der Waals surface area contributed by atoms with E-state index in [2.05, 4.69) is 188 Å². The number of allylic oxidation sites excluding steroid dienone is 4. The summed E-state index contributed by atoms with van der Waals surface area (Å²) in [5.41, 5.74) is 14.8. The average molecular weight is 654 g/mol. The van der Waals surface area contributed by atoms with E-state index >= 15 is 0 Å². The number of rotatable bonds is 6. The van der Waals surface area contributed by atoms with Crippen LogP contribution in [0.25, 0.3) is 33.4 Å². The van der Waals surface area contributed by atoms with Gasteiger partial charge < -0.3 is 10.1 Å². The zero-order valence-electron chi connectivity index (χ0n) is 28.1. The number of hydrogen-bond donors (Lipinski definition) is 1. The largest absolute Gasteiger partial charge is 0.457 e. The van der Waals surface area contributed by atoms with Crippen LogP contribution in [0, 0.1) is 0 Å². The first-order chi connectivity index (χ1) is 25.2. The molecule has 2 heterocycles. The molecule has 1 N–H and O–H groups in total. The summed E-state index contributed by atoms with van der Waals surface area (Å²) in [4.78, 5) is 0. The highest BCUT2D eigenvalue weighted by Gasteiger charge is 2.49. The van der Waals surface area contributed by atoms with Crippen molar-refractivity contribution in [2.75, 3.05) is 5.32 Å². The Morgan fingerprint density at radius 1 is 0.510 bits per heavy atom. The summed E-state index contributed by atoms with van der Waals surface area (Å²) >= 11 is 0. The molecule has 2 aliphatic heterocycles. The minimum absolute atomic E-state index is 0.692. The van der Waals surface area contributed by atoms with Gasteiger partial charge in [0.2, 0.25) is 0 Å². The molecule has 7 aromatic carbocycles. The molecule has 2 heteroatoms. The molecule has 7 aromatic rings. The van der Waals surface area contributed by atoms with Gasteiger partial charge >= 0.3 is 0 Å². The van der Waals surface area contributed by atoms with Crippen molar-refractivity contribution in [3.8, 4) is 33.8 Å². The highest BCUT2D eigenvalue weighted by molar-refractivity contribution is 6.05. The van der Waals surface area contributed by atoms with Crippen molar-refractivity contribution in [1.82, 2.24) is 0 Å². The van der Waals surface area contributed by atoms with Gasteiger partial charge in [-0.25, -0.2) is 0 Å². The lowest BCUT2D eigenvalue weighted by Crippen LogP contribution is -2.37. The first kappa shape index (κ1) is 30.4. The van der Waals surface area contributed by atoms with Crippen LogP contribution in [0.15, 0.2) is 195 Å². The Labute approximate surface area is 299 Å². The van der Waals surface area contributed by atoms with Crippen molar-refractivity contribution in [3.05, 3.63) is 229 Å². The molecular weight excluding hydrogens is 619 g/mol. The predicted molar refractivity (Wildman–Crippen MR) is 213 cm³/mol. The van der Waals surface area contributed by atoms with Gasteiger partial charge in [-0.15, -0.1) is 0 Å². The molecule has 0 aromatic heterocycles. The summed E-state index contributed by atoms with van der Waals surface area (Å²) in [6.45, 7) is 8.65. The van der Waals surface area contributed by atoms with E-state index in [4.69, 9.17) is 4.74 Å². The highest BCUT2D eigenvalue weighted by Crippen LogP contribution is 2.61. The van der Waals surface area contributed by atoms with Gasteiger partial charge in [0.1, 0.15) is 11.5 Å². The van der Waals surface area contributed by atoms with E-state index in [1.165, 1.54) is 22.3 Å². The number of para-hydroxylation sites is 2. The van der Waals surface area contributed by atoms with Crippen LogP contribution in [0.4, 0.5) is 11.4 Å². The molecule has 0 radical (unpaired) electrons. The van der Waals surface area contributed by atoms with Crippen molar-refractivity contribution in [2.45, 2.75) is 5.41 Å². The lowest BCUT2D eigenvalue weighted by molar-refractivity contribution is 0.434. The summed E-state index contributed by atoms with van der Waals surface area (Å²) in [5, 5.41) is 3.85. The molecule has 0 unspecified atom stereocenters. The van der Waals surface area contributed by atoms with E-state index in [1.807, 2.05) is 12.1 Å². The zero-order valence-corrected chi connectivity index (χ0v) is 28.1. The number of ether oxygens (including phenoxy) is 1. The van der Waals surface area contributed by atoms with Crippen molar-refractivity contribution >= 4 is 22.5 Å². The van der Waals surface area contributed by atoms with Gasteiger partial charge in [0.05, 0.1) is 5.41 Å². The first-order valence-electron chi connectivity index (χ1n) is 17.3. The maximum absolute atomic E-state index is 6.68. The first-order valence-corrected chi connectivity index (χ1v) is 17.3. The molecule has 9 rings (SSSR count).